The smallest absolute Gasteiger partial charge is 0.293 e. The summed E-state index contributed by atoms with van der Waals surface area (Å²) in [6.07, 6.45) is 0. The van der Waals surface area contributed by atoms with Crippen LogP contribution in [0.1, 0.15) is 0 Å². The first-order valence-corrected chi connectivity index (χ1v) is 21.6. The molecule has 0 saturated carbocycles. The molecule has 8 rings (SSSR count). The van der Waals surface area contributed by atoms with E-state index in [0.29, 0.717) is 47.4 Å². The zero-order valence-electron chi connectivity index (χ0n) is 35.3. The van der Waals surface area contributed by atoms with Gasteiger partial charge in [0.2, 0.25) is 5.28 Å². The third-order valence-electron chi connectivity index (χ3n) is 10.4. The van der Waals surface area contributed by atoms with Crippen LogP contribution in [0.5, 0.6) is 0 Å². The fourth-order valence-electron chi connectivity index (χ4n) is 7.35. The molecule has 6 aromatic rings. The Balaban J connectivity index is 0.000000200. The zero-order valence-corrected chi connectivity index (χ0v) is 37.6. The molecule has 2 aliphatic rings. The van der Waals surface area contributed by atoms with Crippen molar-refractivity contribution in [3.63, 3.8) is 0 Å². The van der Waals surface area contributed by atoms with E-state index in [4.69, 9.17) is 61.2 Å². The summed E-state index contributed by atoms with van der Waals surface area (Å²) in [6.45, 7) is 10.8. The number of nitrogens with two attached hydrogens (primary N) is 4. The number of fused-ring (bicyclic) bond motifs is 2. The SMILES string of the molecule is N=C(N)N.NC(N)=Nc1nc(-c2ccc(N3CCN(CCOC=O)CC3)cc2)c2cc(Cl)ccc2n1.O=COCCN1CCN(c2ccc(-c3nc(Cl)nc4ccc(Cl)cc34)cc2)CC1. The van der Waals surface area contributed by atoms with Gasteiger partial charge in [0.15, 0.2) is 11.9 Å². The summed E-state index contributed by atoms with van der Waals surface area (Å²) in [5.41, 5.74) is 27.1. The van der Waals surface area contributed by atoms with Gasteiger partial charge < -0.3 is 42.2 Å². The molecular formula is C44H49Cl3N14O4. The average Bonchev–Trinajstić information content (AvgIpc) is 3.29. The molecule has 0 aliphatic carbocycles. The van der Waals surface area contributed by atoms with Crippen LogP contribution in [0.25, 0.3) is 44.3 Å². The fraction of sp³-hybridized carbons (Fsp3) is 0.273. The van der Waals surface area contributed by atoms with Crippen molar-refractivity contribution in [2.75, 3.05) is 88.5 Å². The van der Waals surface area contributed by atoms with Gasteiger partial charge in [0.05, 0.1) is 22.4 Å². The number of piperazine rings is 2. The van der Waals surface area contributed by atoms with Crippen molar-refractivity contribution in [3.05, 3.63) is 100 Å². The number of hydrogen-bond donors (Lipinski definition) is 5. The van der Waals surface area contributed by atoms with Crippen LogP contribution in [0, 0.1) is 5.41 Å². The van der Waals surface area contributed by atoms with E-state index in [1.54, 1.807) is 12.1 Å². The summed E-state index contributed by atoms with van der Waals surface area (Å²) in [6, 6.07) is 27.5. The van der Waals surface area contributed by atoms with Crippen LogP contribution < -0.4 is 32.7 Å². The van der Waals surface area contributed by atoms with E-state index in [1.165, 1.54) is 5.69 Å². The van der Waals surface area contributed by atoms with Crippen LogP contribution in [0.3, 0.4) is 0 Å². The topological polar surface area (TPSA) is 257 Å². The Morgan fingerprint density at radius 2 is 1.02 bits per heavy atom. The third-order valence-corrected chi connectivity index (χ3v) is 11.1. The minimum absolute atomic E-state index is 0.100. The van der Waals surface area contributed by atoms with Crippen LogP contribution in [-0.2, 0) is 19.1 Å². The van der Waals surface area contributed by atoms with Crippen molar-refractivity contribution < 1.29 is 19.1 Å². The van der Waals surface area contributed by atoms with Crippen LogP contribution >= 0.6 is 34.8 Å². The number of aliphatic imine (C=N–C) groups is 1. The molecule has 0 unspecified atom stereocenters. The second-order valence-corrected chi connectivity index (χ2v) is 15.9. The van der Waals surface area contributed by atoms with Crippen LogP contribution in [-0.4, -0.2) is 133 Å². The van der Waals surface area contributed by atoms with Gasteiger partial charge in [-0.25, -0.2) is 19.9 Å². The minimum atomic E-state index is -0.333. The molecule has 4 aromatic carbocycles. The summed E-state index contributed by atoms with van der Waals surface area (Å²) < 4.78 is 9.58. The maximum absolute atomic E-state index is 10.3. The van der Waals surface area contributed by atoms with E-state index in [0.717, 1.165) is 104 Å². The molecule has 0 amide bonds. The number of anilines is 2. The van der Waals surface area contributed by atoms with E-state index in [2.05, 4.69) is 92.4 Å². The number of rotatable bonds is 13. The molecule has 9 N–H and O–H groups in total. The molecule has 65 heavy (non-hydrogen) atoms. The molecule has 18 nitrogen and oxygen atoms in total. The highest BCUT2D eigenvalue weighted by Crippen LogP contribution is 2.33. The Bertz CT molecular complexity index is 2580. The molecular weight excluding hydrogens is 895 g/mol. The predicted octanol–water partition coefficient (Wildman–Crippen LogP) is 4.89. The number of benzene rings is 4. The lowest BCUT2D eigenvalue weighted by Gasteiger charge is -2.36. The third kappa shape index (κ3) is 13.7. The lowest BCUT2D eigenvalue weighted by Crippen LogP contribution is -2.47. The van der Waals surface area contributed by atoms with E-state index in [-0.39, 0.29) is 23.2 Å². The number of nitrogens with zero attached hydrogens (tertiary/aromatic N) is 9. The van der Waals surface area contributed by atoms with Crippen molar-refractivity contribution in [1.82, 2.24) is 29.7 Å². The van der Waals surface area contributed by atoms with Gasteiger partial charge in [0, 0.05) is 109 Å². The Hall–Kier alpha value is -6.57. The predicted molar refractivity (Wildman–Crippen MR) is 258 cm³/mol. The van der Waals surface area contributed by atoms with Gasteiger partial charge in [-0.1, -0.05) is 47.5 Å². The van der Waals surface area contributed by atoms with Crippen molar-refractivity contribution >= 4 is 98.8 Å². The van der Waals surface area contributed by atoms with Gasteiger partial charge in [-0.3, -0.25) is 24.8 Å². The fourth-order valence-corrected chi connectivity index (χ4v) is 7.87. The van der Waals surface area contributed by atoms with E-state index in [9.17, 15) is 9.59 Å². The van der Waals surface area contributed by atoms with Crippen LogP contribution in [0.4, 0.5) is 17.3 Å². The lowest BCUT2D eigenvalue weighted by molar-refractivity contribution is -0.130. The van der Waals surface area contributed by atoms with Crippen molar-refractivity contribution in [2.24, 2.45) is 27.9 Å². The quantitative estimate of drug-likeness (QED) is 0.0340. The van der Waals surface area contributed by atoms with Crippen molar-refractivity contribution in [3.8, 4) is 22.5 Å². The second-order valence-electron chi connectivity index (χ2n) is 14.7. The normalized spacial score (nSPS) is 14.1. The number of aromatic nitrogens is 4. The maximum atomic E-state index is 10.3. The molecule has 2 aromatic heterocycles. The molecule has 21 heteroatoms. The van der Waals surface area contributed by atoms with Crippen molar-refractivity contribution in [2.45, 2.75) is 0 Å². The molecule has 0 atom stereocenters. The second kappa shape index (κ2) is 23.4. The lowest BCUT2D eigenvalue weighted by atomic mass is 10.1. The number of halogens is 3. The Kier molecular flexibility index (Phi) is 17.2. The highest BCUT2D eigenvalue weighted by Gasteiger charge is 2.20. The zero-order chi connectivity index (χ0) is 46.3. The number of carbonyl (C=O) groups excluding carboxylic acids is 2. The standard InChI is InChI=1S/C22H24ClN7O2.C21H20Cl2N4O2.CH5N3/c23-16-3-6-19-18(13-16)20(27-22(26-19)28-21(24)25)15-1-4-17(5-2-15)30-9-7-29(8-10-30)11-12-32-14-31;22-16-3-6-19-18(13-16)20(25-21(23)24-19)15-1-4-17(5-2-15)27-9-7-26(8-10-27)11-12-29-14-28;2-1(3)4/h1-6,13-14H,7-12H2,(H4,24,25,26,27,28);1-6,13-14H,7-12H2;(H5,2,3,4). The van der Waals surface area contributed by atoms with Crippen LogP contribution in [0.15, 0.2) is 89.9 Å². The summed E-state index contributed by atoms with van der Waals surface area (Å²) in [7, 11) is 0. The van der Waals surface area contributed by atoms with Gasteiger partial charge >= 0.3 is 0 Å². The van der Waals surface area contributed by atoms with Gasteiger partial charge in [-0.15, -0.1) is 0 Å². The summed E-state index contributed by atoms with van der Waals surface area (Å²) in [4.78, 5) is 51.5. The number of carbonyl (C=O) groups is 2. The Labute approximate surface area is 390 Å². The van der Waals surface area contributed by atoms with Crippen molar-refractivity contribution in [1.29, 1.82) is 5.41 Å². The first-order valence-electron chi connectivity index (χ1n) is 20.5. The first-order chi connectivity index (χ1) is 31.4. The molecule has 2 saturated heterocycles. The number of hydrogen-bond acceptors (Lipinski definition) is 14. The van der Waals surface area contributed by atoms with E-state index < -0.39 is 0 Å². The van der Waals surface area contributed by atoms with E-state index in [1.807, 2.05) is 36.4 Å². The highest BCUT2D eigenvalue weighted by atomic mass is 35.5. The summed E-state index contributed by atoms with van der Waals surface area (Å²) in [5, 5.41) is 9.21. The van der Waals surface area contributed by atoms with Gasteiger partial charge in [0.1, 0.15) is 13.2 Å². The largest absolute Gasteiger partial charge is 0.467 e. The molecule has 2 fully saturated rings. The van der Waals surface area contributed by atoms with Gasteiger partial charge in [-0.05, 0) is 72.3 Å². The monoisotopic (exact) mass is 942 g/mol. The number of guanidine groups is 2. The summed E-state index contributed by atoms with van der Waals surface area (Å²) in [5.74, 6) is -0.231. The number of nitrogens with one attached hydrogen (secondary N) is 1. The molecule has 4 heterocycles. The minimum Gasteiger partial charge on any atom is -0.467 e. The Morgan fingerprint density at radius 3 is 1.43 bits per heavy atom. The van der Waals surface area contributed by atoms with Crippen LogP contribution in [0.2, 0.25) is 15.3 Å². The van der Waals surface area contributed by atoms with Gasteiger partial charge in [0.25, 0.3) is 18.9 Å². The molecule has 0 bridgehead atoms. The maximum Gasteiger partial charge on any atom is 0.293 e. The number of ether oxygens (including phenoxy) is 2. The average molecular weight is 944 g/mol. The van der Waals surface area contributed by atoms with E-state index >= 15 is 0 Å². The Morgan fingerprint density at radius 1 is 0.600 bits per heavy atom. The highest BCUT2D eigenvalue weighted by molar-refractivity contribution is 6.32. The summed E-state index contributed by atoms with van der Waals surface area (Å²) >= 11 is 18.5. The molecule has 0 radical (unpaired) electrons. The first kappa shape index (κ1) is 47.9. The molecule has 340 valence electrons. The molecule has 2 aliphatic heterocycles. The van der Waals surface area contributed by atoms with Gasteiger partial charge in [-0.2, -0.15) is 4.99 Å². The molecule has 0 spiro atoms.